The molecule has 0 spiro atoms. The van der Waals surface area contributed by atoms with Crippen molar-refractivity contribution in [2.75, 3.05) is 31.2 Å². The van der Waals surface area contributed by atoms with E-state index in [0.29, 0.717) is 18.2 Å². The van der Waals surface area contributed by atoms with Crippen LogP contribution in [-0.4, -0.2) is 56.6 Å². The summed E-state index contributed by atoms with van der Waals surface area (Å²) in [5.41, 5.74) is -0.415. The Morgan fingerprint density at radius 1 is 1.40 bits per heavy atom. The van der Waals surface area contributed by atoms with Gasteiger partial charge in [0.15, 0.2) is 11.2 Å². The summed E-state index contributed by atoms with van der Waals surface area (Å²) in [6.45, 7) is 5.84. The number of aromatic nitrogens is 4. The van der Waals surface area contributed by atoms with Crippen LogP contribution in [0.2, 0.25) is 0 Å². The Balaban J connectivity index is 2.05. The fourth-order valence-corrected chi connectivity index (χ4v) is 3.11. The van der Waals surface area contributed by atoms with Gasteiger partial charge in [-0.1, -0.05) is 6.08 Å². The van der Waals surface area contributed by atoms with Gasteiger partial charge in [0.25, 0.3) is 5.56 Å². The number of nitrogens with one attached hydrogen (secondary N) is 1. The number of hydrogen-bond acceptors (Lipinski definition) is 6. The summed E-state index contributed by atoms with van der Waals surface area (Å²) in [4.78, 5) is 33.1. The third kappa shape index (κ3) is 3.38. The Hall–Kier alpha value is -2.39. The van der Waals surface area contributed by atoms with Crippen LogP contribution in [0.25, 0.3) is 11.2 Å². The average Bonchev–Trinajstić information content (AvgIpc) is 3.21. The lowest BCUT2D eigenvalue weighted by Gasteiger charge is -2.20. The van der Waals surface area contributed by atoms with Crippen molar-refractivity contribution in [2.45, 2.75) is 25.5 Å². The molecule has 9 heteroatoms. The van der Waals surface area contributed by atoms with Gasteiger partial charge in [0.05, 0.1) is 25.9 Å². The second-order valence-corrected chi connectivity index (χ2v) is 6.19. The molecular weight excluding hydrogens is 326 g/mol. The van der Waals surface area contributed by atoms with E-state index in [4.69, 9.17) is 4.74 Å². The summed E-state index contributed by atoms with van der Waals surface area (Å²) in [5, 5.41) is 10.3. The lowest BCUT2D eigenvalue weighted by molar-refractivity contribution is 0.0404. The number of anilines is 1. The molecule has 2 aromatic heterocycles. The van der Waals surface area contributed by atoms with Crippen LogP contribution < -0.4 is 16.1 Å². The second-order valence-electron chi connectivity index (χ2n) is 6.19. The molecule has 25 heavy (non-hydrogen) atoms. The van der Waals surface area contributed by atoms with E-state index >= 15 is 0 Å². The maximum Gasteiger partial charge on any atom is 0.329 e. The van der Waals surface area contributed by atoms with E-state index in [0.717, 1.165) is 25.9 Å². The molecule has 1 fully saturated rings. The van der Waals surface area contributed by atoms with E-state index in [-0.39, 0.29) is 18.7 Å². The summed E-state index contributed by atoms with van der Waals surface area (Å²) < 4.78 is 8.28. The molecule has 136 valence electrons. The van der Waals surface area contributed by atoms with Gasteiger partial charge in [-0.2, -0.15) is 4.98 Å². The Bertz CT molecular complexity index is 875. The van der Waals surface area contributed by atoms with Gasteiger partial charge < -0.3 is 19.3 Å². The zero-order valence-electron chi connectivity index (χ0n) is 14.3. The summed E-state index contributed by atoms with van der Waals surface area (Å²) >= 11 is 0. The monoisotopic (exact) mass is 349 g/mol. The van der Waals surface area contributed by atoms with E-state index in [1.165, 1.54) is 4.57 Å². The standard InChI is InChI=1S/C16H23N5O4/c1-3-8-25-10-11(22)9-21-12-13(19(2)16(24)18-14(12)23)17-15(21)20-6-4-5-7-20/h3,11,22H,1,4-10H2,2H3,(H,18,23,24)/t11-/m0/s1. The molecule has 1 saturated heterocycles. The van der Waals surface area contributed by atoms with Gasteiger partial charge in [-0.15, -0.1) is 6.58 Å². The number of aryl methyl sites for hydroxylation is 1. The van der Waals surface area contributed by atoms with Crippen LogP contribution in [0, 0.1) is 0 Å². The lowest BCUT2D eigenvalue weighted by atomic mass is 10.3. The van der Waals surface area contributed by atoms with Crippen molar-refractivity contribution in [1.82, 2.24) is 19.1 Å². The molecule has 0 radical (unpaired) electrons. The number of aromatic amines is 1. The zero-order chi connectivity index (χ0) is 18.0. The molecule has 3 rings (SSSR count). The predicted molar refractivity (Wildman–Crippen MR) is 94.1 cm³/mol. The van der Waals surface area contributed by atoms with E-state index in [1.807, 2.05) is 0 Å². The number of aliphatic hydroxyl groups excluding tert-OH is 1. The number of rotatable bonds is 7. The van der Waals surface area contributed by atoms with E-state index in [2.05, 4.69) is 21.4 Å². The predicted octanol–water partition coefficient (Wildman–Crippen LogP) is -0.413. The van der Waals surface area contributed by atoms with Crippen LogP contribution in [-0.2, 0) is 18.3 Å². The molecule has 0 aromatic carbocycles. The minimum absolute atomic E-state index is 0.120. The fraction of sp³-hybridized carbons (Fsp3) is 0.562. The van der Waals surface area contributed by atoms with Crippen LogP contribution in [0.3, 0.4) is 0 Å². The van der Waals surface area contributed by atoms with Crippen molar-refractivity contribution >= 4 is 17.1 Å². The minimum Gasteiger partial charge on any atom is -0.389 e. The van der Waals surface area contributed by atoms with Crippen molar-refractivity contribution in [2.24, 2.45) is 7.05 Å². The first-order valence-corrected chi connectivity index (χ1v) is 8.34. The first kappa shape index (κ1) is 17.4. The fourth-order valence-electron chi connectivity index (χ4n) is 3.11. The molecule has 1 aliphatic rings. The maximum absolute atomic E-state index is 12.4. The van der Waals surface area contributed by atoms with Gasteiger partial charge in [0.2, 0.25) is 5.95 Å². The number of ether oxygens (including phenoxy) is 1. The highest BCUT2D eigenvalue weighted by molar-refractivity contribution is 5.74. The zero-order valence-corrected chi connectivity index (χ0v) is 14.3. The molecule has 0 amide bonds. The molecule has 9 nitrogen and oxygen atoms in total. The van der Waals surface area contributed by atoms with Crippen LogP contribution >= 0.6 is 0 Å². The molecule has 2 aromatic rings. The van der Waals surface area contributed by atoms with Crippen LogP contribution in [0.4, 0.5) is 5.95 Å². The largest absolute Gasteiger partial charge is 0.389 e. The number of fused-ring (bicyclic) bond motifs is 1. The van der Waals surface area contributed by atoms with E-state index < -0.39 is 17.4 Å². The number of aliphatic hydroxyl groups is 1. The highest BCUT2D eigenvalue weighted by Gasteiger charge is 2.24. The molecule has 0 aliphatic carbocycles. The normalized spacial score (nSPS) is 15.8. The number of nitrogens with zero attached hydrogens (tertiary/aromatic N) is 4. The van der Waals surface area contributed by atoms with Crippen molar-refractivity contribution in [3.63, 3.8) is 0 Å². The first-order chi connectivity index (χ1) is 12.0. The Morgan fingerprint density at radius 2 is 2.12 bits per heavy atom. The van der Waals surface area contributed by atoms with Gasteiger partial charge >= 0.3 is 5.69 Å². The summed E-state index contributed by atoms with van der Waals surface area (Å²) in [6, 6.07) is 0. The Labute approximate surface area is 144 Å². The molecule has 0 bridgehead atoms. The van der Waals surface area contributed by atoms with Crippen molar-refractivity contribution in [3.05, 3.63) is 33.5 Å². The molecule has 2 N–H and O–H groups in total. The van der Waals surface area contributed by atoms with Gasteiger partial charge in [0.1, 0.15) is 0 Å². The average molecular weight is 349 g/mol. The Kier molecular flexibility index (Phi) is 5.05. The topological polar surface area (TPSA) is 105 Å². The first-order valence-electron chi connectivity index (χ1n) is 8.34. The van der Waals surface area contributed by atoms with Gasteiger partial charge in [-0.05, 0) is 12.8 Å². The molecule has 0 saturated carbocycles. The molecular formula is C16H23N5O4. The van der Waals surface area contributed by atoms with Crippen molar-refractivity contribution in [3.8, 4) is 0 Å². The van der Waals surface area contributed by atoms with Gasteiger partial charge in [-0.3, -0.25) is 14.3 Å². The summed E-state index contributed by atoms with van der Waals surface area (Å²) in [5.74, 6) is 0.599. The van der Waals surface area contributed by atoms with Gasteiger partial charge in [0, 0.05) is 20.1 Å². The van der Waals surface area contributed by atoms with Crippen LogP contribution in [0.15, 0.2) is 22.2 Å². The summed E-state index contributed by atoms with van der Waals surface area (Å²) in [6.07, 6.45) is 2.89. The smallest absolute Gasteiger partial charge is 0.329 e. The Morgan fingerprint density at radius 3 is 2.80 bits per heavy atom. The van der Waals surface area contributed by atoms with Crippen molar-refractivity contribution in [1.29, 1.82) is 0 Å². The van der Waals surface area contributed by atoms with Crippen LogP contribution in [0.5, 0.6) is 0 Å². The maximum atomic E-state index is 12.4. The highest BCUT2D eigenvalue weighted by Crippen LogP contribution is 2.23. The minimum atomic E-state index is -0.810. The summed E-state index contributed by atoms with van der Waals surface area (Å²) in [7, 11) is 1.56. The lowest BCUT2D eigenvalue weighted by Crippen LogP contribution is -2.31. The quantitative estimate of drug-likeness (QED) is 0.520. The number of hydrogen-bond donors (Lipinski definition) is 2. The number of imidazole rings is 1. The van der Waals surface area contributed by atoms with E-state index in [1.54, 1.807) is 17.7 Å². The molecule has 1 atom stereocenters. The molecule has 0 unspecified atom stereocenters. The third-order valence-electron chi connectivity index (χ3n) is 4.32. The second kappa shape index (κ2) is 7.24. The molecule has 3 heterocycles. The SMILES string of the molecule is C=CCOC[C@@H](O)Cn1c(N2CCCC2)nc2c1c(=O)[nH]c(=O)n2C. The van der Waals surface area contributed by atoms with E-state index in [9.17, 15) is 14.7 Å². The van der Waals surface area contributed by atoms with Gasteiger partial charge in [-0.25, -0.2) is 4.79 Å². The highest BCUT2D eigenvalue weighted by atomic mass is 16.5. The third-order valence-corrected chi connectivity index (χ3v) is 4.32. The molecule has 1 aliphatic heterocycles. The van der Waals surface area contributed by atoms with Crippen molar-refractivity contribution < 1.29 is 9.84 Å². The number of H-pyrrole nitrogens is 1. The van der Waals surface area contributed by atoms with Crippen LogP contribution in [0.1, 0.15) is 12.8 Å².